The number of benzene rings is 2. The number of anilines is 2. The van der Waals surface area contributed by atoms with Gasteiger partial charge in [0.25, 0.3) is 5.56 Å². The number of ether oxygens (including phenoxy) is 1. The van der Waals surface area contributed by atoms with Crippen molar-refractivity contribution in [1.29, 1.82) is 0 Å². The molecule has 0 saturated carbocycles. The molecule has 9 heteroatoms. The van der Waals surface area contributed by atoms with Gasteiger partial charge in [0, 0.05) is 11.8 Å². The van der Waals surface area contributed by atoms with Crippen LogP contribution in [-0.4, -0.2) is 27.3 Å². The maximum Gasteiger partial charge on any atom is 0.258 e. The summed E-state index contributed by atoms with van der Waals surface area (Å²) < 4.78 is 6.01. The first kappa shape index (κ1) is 18.5. The van der Waals surface area contributed by atoms with E-state index in [-0.39, 0.29) is 5.56 Å². The molecule has 2 aromatic carbocycles. The van der Waals surface area contributed by atoms with Gasteiger partial charge in [-0.25, -0.2) is 4.98 Å². The van der Waals surface area contributed by atoms with Gasteiger partial charge in [0.1, 0.15) is 11.6 Å². The van der Waals surface area contributed by atoms with Crippen LogP contribution in [0.2, 0.25) is 0 Å². The number of nitrogens with zero attached hydrogens (tertiary/aromatic N) is 3. The van der Waals surface area contributed by atoms with Gasteiger partial charge in [0.2, 0.25) is 5.13 Å². The number of nitrogens with one attached hydrogen (secondary N) is 2. The predicted octanol–water partition coefficient (Wildman–Crippen LogP) is 4.13. The van der Waals surface area contributed by atoms with Gasteiger partial charge in [-0.3, -0.25) is 4.79 Å². The highest BCUT2D eigenvalue weighted by atomic mass is 32.2. The highest BCUT2D eigenvalue weighted by Crippen LogP contribution is 2.30. The third-order valence-electron chi connectivity index (χ3n) is 4.05. The molecule has 0 fully saturated rings. The topological polar surface area (TPSA) is 92.8 Å². The standard InChI is InChI=1S/C19H17N5O2S2/c1-11-5-3-8-14-16(11)21-15(22-17(14)25)10-27-19-24-23-18(28-19)20-12-6-4-7-13(9-12)26-2/h3-9H,10H2,1-2H3,(H,20,23)(H,21,22,25). The summed E-state index contributed by atoms with van der Waals surface area (Å²) in [6.45, 7) is 1.95. The molecule has 0 spiro atoms. The Morgan fingerprint density at radius 3 is 2.93 bits per heavy atom. The van der Waals surface area contributed by atoms with Crippen LogP contribution < -0.4 is 15.6 Å². The van der Waals surface area contributed by atoms with Crippen molar-refractivity contribution in [2.75, 3.05) is 12.4 Å². The average Bonchev–Trinajstić information content (AvgIpc) is 3.15. The second-order valence-electron chi connectivity index (χ2n) is 6.00. The molecule has 2 N–H and O–H groups in total. The number of para-hydroxylation sites is 1. The van der Waals surface area contributed by atoms with Gasteiger partial charge in [-0.2, -0.15) is 0 Å². The number of fused-ring (bicyclic) bond motifs is 1. The molecule has 4 rings (SSSR count). The van der Waals surface area contributed by atoms with Gasteiger partial charge >= 0.3 is 0 Å². The number of rotatable bonds is 6. The largest absolute Gasteiger partial charge is 0.497 e. The maximum absolute atomic E-state index is 12.3. The minimum Gasteiger partial charge on any atom is -0.497 e. The van der Waals surface area contributed by atoms with Crippen LogP contribution in [0.5, 0.6) is 5.75 Å². The summed E-state index contributed by atoms with van der Waals surface area (Å²) in [5.41, 5.74) is 2.47. The van der Waals surface area contributed by atoms with E-state index in [0.29, 0.717) is 22.1 Å². The van der Waals surface area contributed by atoms with E-state index in [9.17, 15) is 4.79 Å². The highest BCUT2D eigenvalue weighted by molar-refractivity contribution is 8.00. The van der Waals surface area contributed by atoms with Gasteiger partial charge in [-0.15, -0.1) is 10.2 Å². The van der Waals surface area contributed by atoms with Crippen molar-refractivity contribution in [3.8, 4) is 5.75 Å². The normalized spacial score (nSPS) is 10.9. The van der Waals surface area contributed by atoms with Crippen molar-refractivity contribution < 1.29 is 4.74 Å². The van der Waals surface area contributed by atoms with Crippen molar-refractivity contribution in [1.82, 2.24) is 20.2 Å². The van der Waals surface area contributed by atoms with Crippen molar-refractivity contribution in [2.24, 2.45) is 0 Å². The molecule has 0 aliphatic carbocycles. The second-order valence-corrected chi connectivity index (χ2v) is 8.20. The third-order valence-corrected chi connectivity index (χ3v) is 6.03. The number of methoxy groups -OCH3 is 1. The van der Waals surface area contributed by atoms with Crippen LogP contribution in [0.1, 0.15) is 11.4 Å². The molecule has 0 saturated heterocycles. The Morgan fingerprint density at radius 2 is 2.07 bits per heavy atom. The van der Waals surface area contributed by atoms with Crippen LogP contribution in [0.25, 0.3) is 10.9 Å². The number of aromatic amines is 1. The second kappa shape index (κ2) is 7.99. The van der Waals surface area contributed by atoms with E-state index in [4.69, 9.17) is 4.74 Å². The first-order valence-corrected chi connectivity index (χ1v) is 10.3. The molecule has 7 nitrogen and oxygen atoms in total. The van der Waals surface area contributed by atoms with Crippen LogP contribution in [0.15, 0.2) is 51.6 Å². The molecule has 142 valence electrons. The van der Waals surface area contributed by atoms with E-state index in [1.165, 1.54) is 23.1 Å². The molecule has 0 aliphatic rings. The number of aromatic nitrogens is 4. The summed E-state index contributed by atoms with van der Waals surface area (Å²) in [4.78, 5) is 19.7. The van der Waals surface area contributed by atoms with Crippen LogP contribution in [0.3, 0.4) is 0 Å². The van der Waals surface area contributed by atoms with E-state index < -0.39 is 0 Å². The minimum atomic E-state index is -0.123. The van der Waals surface area contributed by atoms with Crippen molar-refractivity contribution in [3.63, 3.8) is 0 Å². The van der Waals surface area contributed by atoms with E-state index in [2.05, 4.69) is 25.5 Å². The molecule has 2 heterocycles. The Kier molecular flexibility index (Phi) is 5.27. The molecule has 28 heavy (non-hydrogen) atoms. The summed E-state index contributed by atoms with van der Waals surface area (Å²) in [7, 11) is 1.63. The van der Waals surface area contributed by atoms with Crippen molar-refractivity contribution >= 4 is 44.8 Å². The first-order chi connectivity index (χ1) is 13.6. The average molecular weight is 412 g/mol. The van der Waals surface area contributed by atoms with Gasteiger partial charge in [0.05, 0.1) is 23.8 Å². The quantitative estimate of drug-likeness (QED) is 0.461. The SMILES string of the molecule is COc1cccc(Nc2nnc(SCc3nc4c(C)cccc4c(=O)[nH]3)s2)c1. The smallest absolute Gasteiger partial charge is 0.258 e. The lowest BCUT2D eigenvalue weighted by Crippen LogP contribution is -2.11. The van der Waals surface area contributed by atoms with Gasteiger partial charge < -0.3 is 15.0 Å². The Balaban J connectivity index is 1.47. The van der Waals surface area contributed by atoms with Crippen LogP contribution in [0.4, 0.5) is 10.8 Å². The molecular formula is C19H17N5O2S2. The van der Waals surface area contributed by atoms with Crippen molar-refractivity contribution in [3.05, 3.63) is 64.2 Å². The van der Waals surface area contributed by atoms with Crippen LogP contribution in [-0.2, 0) is 5.75 Å². The zero-order valence-electron chi connectivity index (χ0n) is 15.2. The third kappa shape index (κ3) is 4.00. The number of thioether (sulfide) groups is 1. The highest BCUT2D eigenvalue weighted by Gasteiger charge is 2.09. The summed E-state index contributed by atoms with van der Waals surface area (Å²) in [6, 6.07) is 13.2. The first-order valence-electron chi connectivity index (χ1n) is 8.48. The van der Waals surface area contributed by atoms with Crippen LogP contribution >= 0.6 is 23.1 Å². The Labute approximate surface area is 169 Å². The zero-order chi connectivity index (χ0) is 19.5. The molecule has 0 unspecified atom stereocenters. The van der Waals surface area contributed by atoms with Crippen molar-refractivity contribution in [2.45, 2.75) is 17.0 Å². The Hall–Kier alpha value is -2.91. The number of hydrogen-bond acceptors (Lipinski definition) is 8. The number of H-pyrrole nitrogens is 1. The molecule has 4 aromatic rings. The number of aryl methyl sites for hydroxylation is 1. The maximum atomic E-state index is 12.3. The lowest BCUT2D eigenvalue weighted by molar-refractivity contribution is 0.415. The zero-order valence-corrected chi connectivity index (χ0v) is 16.9. The molecule has 2 aromatic heterocycles. The number of hydrogen-bond donors (Lipinski definition) is 2. The fourth-order valence-corrected chi connectivity index (χ4v) is 4.34. The lowest BCUT2D eigenvalue weighted by Gasteiger charge is -2.04. The van der Waals surface area contributed by atoms with Gasteiger partial charge in [0.15, 0.2) is 4.34 Å². The Morgan fingerprint density at radius 1 is 1.21 bits per heavy atom. The lowest BCUT2D eigenvalue weighted by atomic mass is 10.1. The molecule has 0 bridgehead atoms. The van der Waals surface area contributed by atoms with E-state index in [1.807, 2.05) is 43.3 Å². The van der Waals surface area contributed by atoms with E-state index in [1.54, 1.807) is 13.2 Å². The van der Waals surface area contributed by atoms with Gasteiger partial charge in [-0.05, 0) is 30.7 Å². The molecule has 0 atom stereocenters. The summed E-state index contributed by atoms with van der Waals surface area (Å²) in [5, 5.41) is 12.9. The molecule has 0 aliphatic heterocycles. The summed E-state index contributed by atoms with van der Waals surface area (Å²) >= 11 is 2.92. The van der Waals surface area contributed by atoms with Gasteiger partial charge in [-0.1, -0.05) is 41.3 Å². The fraction of sp³-hybridized carbons (Fsp3) is 0.158. The fourth-order valence-electron chi connectivity index (χ4n) is 2.69. The Bertz CT molecular complexity index is 1190. The summed E-state index contributed by atoms with van der Waals surface area (Å²) in [5.74, 6) is 1.90. The molecule has 0 radical (unpaired) electrons. The van der Waals surface area contributed by atoms with E-state index in [0.717, 1.165) is 26.9 Å². The summed E-state index contributed by atoms with van der Waals surface area (Å²) in [6.07, 6.45) is 0. The monoisotopic (exact) mass is 411 g/mol. The molecule has 0 amide bonds. The van der Waals surface area contributed by atoms with Crippen LogP contribution in [0, 0.1) is 6.92 Å². The molecular weight excluding hydrogens is 394 g/mol. The van der Waals surface area contributed by atoms with E-state index >= 15 is 0 Å². The minimum absolute atomic E-state index is 0.123. The predicted molar refractivity (Wildman–Crippen MR) is 113 cm³/mol.